The van der Waals surface area contributed by atoms with Crippen LogP contribution >= 0.6 is 33.9 Å². The van der Waals surface area contributed by atoms with Crippen molar-refractivity contribution in [1.82, 2.24) is 9.97 Å². The van der Waals surface area contributed by atoms with Crippen LogP contribution in [0.1, 0.15) is 37.3 Å². The molecule has 0 aliphatic carbocycles. The lowest BCUT2D eigenvalue weighted by atomic mass is 10.1. The van der Waals surface area contributed by atoms with Crippen LogP contribution in [0.25, 0.3) is 10.7 Å². The minimum atomic E-state index is 0.395. The summed E-state index contributed by atoms with van der Waals surface area (Å²) >= 11 is 4.10. The SMILES string of the molecule is CCc1ccc(-c2nc(NC)c(I)c(C(C)C)n2)s1. The lowest BCUT2D eigenvalue weighted by Crippen LogP contribution is -2.06. The standard InChI is InChI=1S/C14H18IN3S/c1-5-9-6-7-10(19-9)13-17-12(8(2)3)11(15)14(16-4)18-13/h6-8H,5H2,1-4H3,(H,16,17,18). The number of halogens is 1. The molecule has 0 spiro atoms. The minimum Gasteiger partial charge on any atom is -0.372 e. The van der Waals surface area contributed by atoms with Gasteiger partial charge in [0.1, 0.15) is 5.82 Å². The first-order valence-corrected chi connectivity index (χ1v) is 8.30. The summed E-state index contributed by atoms with van der Waals surface area (Å²) in [4.78, 5) is 11.9. The maximum absolute atomic E-state index is 4.75. The second-order valence-corrected chi connectivity index (χ2v) is 6.87. The highest BCUT2D eigenvalue weighted by Gasteiger charge is 2.16. The molecule has 0 amide bonds. The second-order valence-electron chi connectivity index (χ2n) is 4.62. The number of hydrogen-bond acceptors (Lipinski definition) is 4. The maximum Gasteiger partial charge on any atom is 0.171 e. The highest BCUT2D eigenvalue weighted by Crippen LogP contribution is 2.31. The molecule has 0 aliphatic rings. The first-order valence-electron chi connectivity index (χ1n) is 6.41. The van der Waals surface area contributed by atoms with Gasteiger partial charge >= 0.3 is 0 Å². The summed E-state index contributed by atoms with van der Waals surface area (Å²) in [5.74, 6) is 2.14. The van der Waals surface area contributed by atoms with Crippen LogP contribution in [0.2, 0.25) is 0 Å². The predicted molar refractivity (Wildman–Crippen MR) is 91.1 cm³/mol. The van der Waals surface area contributed by atoms with E-state index < -0.39 is 0 Å². The Bertz CT molecular complexity index is 578. The zero-order valence-corrected chi connectivity index (χ0v) is 14.6. The van der Waals surface area contributed by atoms with Crippen molar-refractivity contribution in [1.29, 1.82) is 0 Å². The van der Waals surface area contributed by atoms with Crippen LogP contribution < -0.4 is 5.32 Å². The number of aryl methyl sites for hydroxylation is 1. The Hall–Kier alpha value is -0.690. The van der Waals surface area contributed by atoms with Crippen molar-refractivity contribution in [2.24, 2.45) is 0 Å². The molecule has 2 rings (SSSR count). The molecule has 0 saturated carbocycles. The van der Waals surface area contributed by atoms with Crippen molar-refractivity contribution in [3.63, 3.8) is 0 Å². The van der Waals surface area contributed by atoms with E-state index in [9.17, 15) is 0 Å². The summed E-state index contributed by atoms with van der Waals surface area (Å²) in [5.41, 5.74) is 1.11. The van der Waals surface area contributed by atoms with Crippen LogP contribution in [0.4, 0.5) is 5.82 Å². The van der Waals surface area contributed by atoms with E-state index in [2.05, 4.69) is 65.8 Å². The summed E-state index contributed by atoms with van der Waals surface area (Å²) in [5, 5.41) is 3.17. The number of nitrogens with zero attached hydrogens (tertiary/aromatic N) is 2. The molecule has 2 aromatic heterocycles. The molecule has 0 aliphatic heterocycles. The Balaban J connectivity index is 2.54. The minimum absolute atomic E-state index is 0.395. The summed E-state index contributed by atoms with van der Waals surface area (Å²) in [7, 11) is 1.91. The monoisotopic (exact) mass is 387 g/mol. The van der Waals surface area contributed by atoms with Gasteiger partial charge in [-0.2, -0.15) is 0 Å². The van der Waals surface area contributed by atoms with Crippen molar-refractivity contribution in [3.05, 3.63) is 26.3 Å². The molecular weight excluding hydrogens is 369 g/mol. The number of thiophene rings is 1. The lowest BCUT2D eigenvalue weighted by Gasteiger charge is -2.12. The Labute approximate surface area is 132 Å². The van der Waals surface area contributed by atoms with Gasteiger partial charge in [0.25, 0.3) is 0 Å². The van der Waals surface area contributed by atoms with Crippen molar-refractivity contribution >= 4 is 39.7 Å². The molecule has 1 N–H and O–H groups in total. The largest absolute Gasteiger partial charge is 0.372 e. The van der Waals surface area contributed by atoms with Gasteiger partial charge in [-0.15, -0.1) is 11.3 Å². The fourth-order valence-corrected chi connectivity index (χ4v) is 3.83. The van der Waals surface area contributed by atoms with Crippen LogP contribution in [-0.2, 0) is 6.42 Å². The Kier molecular flexibility index (Phi) is 4.78. The molecule has 2 aromatic rings. The van der Waals surface area contributed by atoms with Gasteiger partial charge in [0.2, 0.25) is 0 Å². The first kappa shape index (κ1) is 14.7. The number of rotatable bonds is 4. The van der Waals surface area contributed by atoms with Gasteiger partial charge < -0.3 is 5.32 Å². The fraction of sp³-hybridized carbons (Fsp3) is 0.429. The van der Waals surface area contributed by atoms with Gasteiger partial charge in [-0.25, -0.2) is 9.97 Å². The van der Waals surface area contributed by atoms with E-state index in [-0.39, 0.29) is 0 Å². The topological polar surface area (TPSA) is 37.8 Å². The van der Waals surface area contributed by atoms with E-state index >= 15 is 0 Å². The average Bonchev–Trinajstić information content (AvgIpc) is 2.87. The normalized spacial score (nSPS) is 11.1. The summed E-state index contributed by atoms with van der Waals surface area (Å²) in [6.07, 6.45) is 1.06. The Morgan fingerprint density at radius 1 is 1.32 bits per heavy atom. The first-order chi connectivity index (χ1) is 9.06. The van der Waals surface area contributed by atoms with E-state index in [1.54, 1.807) is 11.3 Å². The van der Waals surface area contributed by atoms with Crippen LogP contribution in [0.3, 0.4) is 0 Å². The molecule has 19 heavy (non-hydrogen) atoms. The number of aromatic nitrogens is 2. The van der Waals surface area contributed by atoms with Gasteiger partial charge in [0, 0.05) is 11.9 Å². The van der Waals surface area contributed by atoms with E-state index in [4.69, 9.17) is 4.98 Å². The van der Waals surface area contributed by atoms with Crippen molar-refractivity contribution in [3.8, 4) is 10.7 Å². The molecule has 3 nitrogen and oxygen atoms in total. The molecule has 0 unspecified atom stereocenters. The lowest BCUT2D eigenvalue weighted by molar-refractivity contribution is 0.810. The molecule has 0 aromatic carbocycles. The average molecular weight is 387 g/mol. The molecular formula is C14H18IN3S. The van der Waals surface area contributed by atoms with Crippen molar-refractivity contribution in [2.45, 2.75) is 33.1 Å². The van der Waals surface area contributed by atoms with Crippen LogP contribution in [-0.4, -0.2) is 17.0 Å². The molecule has 2 heterocycles. The zero-order valence-electron chi connectivity index (χ0n) is 11.6. The molecule has 0 saturated heterocycles. The van der Waals surface area contributed by atoms with E-state index in [0.717, 1.165) is 32.2 Å². The van der Waals surface area contributed by atoms with E-state index in [0.29, 0.717) is 5.92 Å². The highest BCUT2D eigenvalue weighted by atomic mass is 127. The fourth-order valence-electron chi connectivity index (χ4n) is 1.81. The third-order valence-electron chi connectivity index (χ3n) is 2.89. The number of hydrogen-bond donors (Lipinski definition) is 1. The zero-order chi connectivity index (χ0) is 14.0. The Morgan fingerprint density at radius 3 is 2.58 bits per heavy atom. The molecule has 0 atom stereocenters. The predicted octanol–water partition coefficient (Wildman–Crippen LogP) is 4.54. The van der Waals surface area contributed by atoms with Gasteiger partial charge in [-0.05, 0) is 47.1 Å². The quantitative estimate of drug-likeness (QED) is 0.783. The van der Waals surface area contributed by atoms with Gasteiger partial charge in [-0.1, -0.05) is 20.8 Å². The summed E-state index contributed by atoms with van der Waals surface area (Å²) < 4.78 is 1.12. The van der Waals surface area contributed by atoms with Gasteiger partial charge in [0.15, 0.2) is 5.82 Å². The van der Waals surface area contributed by atoms with E-state index in [1.807, 2.05) is 7.05 Å². The van der Waals surface area contributed by atoms with Crippen LogP contribution in [0.5, 0.6) is 0 Å². The highest BCUT2D eigenvalue weighted by molar-refractivity contribution is 14.1. The van der Waals surface area contributed by atoms with E-state index in [1.165, 1.54) is 4.88 Å². The third kappa shape index (κ3) is 3.08. The van der Waals surface area contributed by atoms with Gasteiger partial charge in [-0.3, -0.25) is 0 Å². The third-order valence-corrected chi connectivity index (χ3v) is 5.18. The summed E-state index contributed by atoms with van der Waals surface area (Å²) in [6, 6.07) is 4.28. The van der Waals surface area contributed by atoms with Gasteiger partial charge in [0.05, 0.1) is 14.1 Å². The molecule has 102 valence electrons. The van der Waals surface area contributed by atoms with Crippen molar-refractivity contribution in [2.75, 3.05) is 12.4 Å². The Morgan fingerprint density at radius 2 is 2.05 bits per heavy atom. The smallest absolute Gasteiger partial charge is 0.171 e. The molecule has 5 heteroatoms. The molecule has 0 radical (unpaired) electrons. The molecule has 0 fully saturated rings. The number of nitrogens with one attached hydrogen (secondary N) is 1. The molecule has 0 bridgehead atoms. The van der Waals surface area contributed by atoms with Crippen LogP contribution in [0, 0.1) is 3.57 Å². The number of anilines is 1. The van der Waals surface area contributed by atoms with Crippen LogP contribution in [0.15, 0.2) is 12.1 Å². The maximum atomic E-state index is 4.75. The van der Waals surface area contributed by atoms with Crippen molar-refractivity contribution < 1.29 is 0 Å². The summed E-state index contributed by atoms with van der Waals surface area (Å²) in [6.45, 7) is 6.50. The second kappa shape index (κ2) is 6.17.